The Kier molecular flexibility index (Phi) is 8.69. The third kappa shape index (κ3) is 6.23. The van der Waals surface area contributed by atoms with Crippen LogP contribution in [0, 0.1) is 5.92 Å². The molecule has 4 aliphatic rings. The van der Waals surface area contributed by atoms with E-state index in [4.69, 9.17) is 21.7 Å². The number of aryl methyl sites for hydroxylation is 1. The average molecular weight is 685 g/mol. The van der Waals surface area contributed by atoms with Crippen LogP contribution in [0.25, 0.3) is 27.5 Å². The summed E-state index contributed by atoms with van der Waals surface area (Å²) < 4.78 is 1.91. The number of hydrogen-bond acceptors (Lipinski definition) is 7. The summed E-state index contributed by atoms with van der Waals surface area (Å²) in [6.07, 6.45) is 14.4. The summed E-state index contributed by atoms with van der Waals surface area (Å²) in [6.45, 7) is 3.13. The number of carbonyl (C=O) groups is 2. The first-order valence-corrected chi connectivity index (χ1v) is 18.5. The lowest BCUT2D eigenvalue weighted by atomic mass is 9.89. The molecular weight excluding hydrogens is 644 g/mol. The quantitative estimate of drug-likeness (QED) is 0.211. The number of anilines is 1. The monoisotopic (exact) mass is 684 g/mol. The zero-order valence-corrected chi connectivity index (χ0v) is 28.8. The molecule has 48 heavy (non-hydrogen) atoms. The number of urea groups is 1. The third-order valence-electron chi connectivity index (χ3n) is 10.5. The maximum Gasteiger partial charge on any atom is 0.321 e. The summed E-state index contributed by atoms with van der Waals surface area (Å²) in [7, 11) is 1.92. The fraction of sp³-hybridized carbons (Fsp3) is 0.472. The van der Waals surface area contributed by atoms with Crippen molar-refractivity contribution in [1.29, 1.82) is 0 Å². The zero-order chi connectivity index (χ0) is 32.8. The minimum absolute atomic E-state index is 0.0462. The fourth-order valence-corrected chi connectivity index (χ4v) is 8.95. The fourth-order valence-electron chi connectivity index (χ4n) is 7.63. The molecule has 1 saturated heterocycles. The predicted molar refractivity (Wildman–Crippen MR) is 189 cm³/mol. The van der Waals surface area contributed by atoms with E-state index in [0.717, 1.165) is 77.3 Å². The topological polar surface area (TPSA) is 108 Å². The number of thiazole rings is 1. The van der Waals surface area contributed by atoms with E-state index in [9.17, 15) is 9.59 Å². The van der Waals surface area contributed by atoms with Crippen molar-refractivity contribution in [2.75, 3.05) is 32.0 Å². The molecule has 3 aliphatic carbocycles. The van der Waals surface area contributed by atoms with Gasteiger partial charge in [0.15, 0.2) is 5.13 Å². The van der Waals surface area contributed by atoms with Gasteiger partial charge in [0.25, 0.3) is 5.91 Å². The number of rotatable bonds is 8. The van der Waals surface area contributed by atoms with E-state index >= 15 is 0 Å². The Morgan fingerprint density at radius 3 is 2.60 bits per heavy atom. The Morgan fingerprint density at radius 1 is 1.06 bits per heavy atom. The molecule has 250 valence electrons. The van der Waals surface area contributed by atoms with Crippen LogP contribution < -0.4 is 10.6 Å². The van der Waals surface area contributed by atoms with Gasteiger partial charge in [-0.15, -0.1) is 0 Å². The molecule has 0 bridgehead atoms. The van der Waals surface area contributed by atoms with Crippen molar-refractivity contribution in [3.05, 3.63) is 64.6 Å². The van der Waals surface area contributed by atoms with Crippen molar-refractivity contribution in [3.63, 3.8) is 0 Å². The standard InChI is InChI=1S/C36H41ClN8O2S/c1-43(24-8-10-25(11-9-24)44-17-2-3-18-44)34(46)27-13-12-26(19-29(27)37)45-32-28(31(42-45)23-5-4-16-38-21-23)14-15-30-33(32)48-36(40-30)41-35(47)39-20-22-6-7-22/h4-5,12-13,16,19,21-22,24-25H,2-3,6-11,14-15,17-18,20H2,1H3,(H2,39,40,41,47). The van der Waals surface area contributed by atoms with E-state index < -0.39 is 0 Å². The van der Waals surface area contributed by atoms with E-state index in [1.165, 1.54) is 50.1 Å². The second-order valence-electron chi connectivity index (χ2n) is 13.7. The van der Waals surface area contributed by atoms with E-state index in [0.29, 0.717) is 34.2 Å². The molecule has 1 aliphatic heterocycles. The highest BCUT2D eigenvalue weighted by Crippen LogP contribution is 2.44. The molecule has 3 amide bonds. The first-order valence-electron chi connectivity index (χ1n) is 17.3. The highest BCUT2D eigenvalue weighted by atomic mass is 35.5. The number of aromatic nitrogens is 4. The van der Waals surface area contributed by atoms with Crippen LogP contribution >= 0.6 is 22.9 Å². The van der Waals surface area contributed by atoms with Crippen LogP contribution in [0.5, 0.6) is 0 Å². The summed E-state index contributed by atoms with van der Waals surface area (Å²) in [5, 5.41) is 12.0. The van der Waals surface area contributed by atoms with E-state index in [-0.39, 0.29) is 18.0 Å². The molecule has 0 spiro atoms. The minimum Gasteiger partial charge on any atom is -0.339 e. The number of carbonyl (C=O) groups excluding carboxylic acids is 2. The molecule has 4 aromatic rings. The van der Waals surface area contributed by atoms with Gasteiger partial charge in [0, 0.05) is 49.2 Å². The highest BCUT2D eigenvalue weighted by molar-refractivity contribution is 7.19. The van der Waals surface area contributed by atoms with Crippen LogP contribution in [0.15, 0.2) is 42.7 Å². The van der Waals surface area contributed by atoms with Crippen LogP contribution in [0.4, 0.5) is 9.93 Å². The smallest absolute Gasteiger partial charge is 0.321 e. The van der Waals surface area contributed by atoms with Crippen molar-refractivity contribution >= 4 is 40.0 Å². The number of pyridine rings is 1. The number of nitrogens with zero attached hydrogens (tertiary/aromatic N) is 6. The lowest BCUT2D eigenvalue weighted by Gasteiger charge is -2.38. The molecule has 1 aromatic carbocycles. The maximum absolute atomic E-state index is 13.8. The molecule has 3 fully saturated rings. The van der Waals surface area contributed by atoms with Gasteiger partial charge in [-0.1, -0.05) is 22.9 Å². The normalized spacial score (nSPS) is 20.6. The van der Waals surface area contributed by atoms with Crippen LogP contribution in [-0.4, -0.2) is 80.3 Å². The van der Waals surface area contributed by atoms with Gasteiger partial charge >= 0.3 is 6.03 Å². The SMILES string of the molecule is CN(C(=O)c1ccc(-n2nc(-c3cccnc3)c3c2-c2sc(NC(=O)NCC4CC4)nc2CC3)cc1Cl)C1CCC(N2CCCC2)CC1. The van der Waals surface area contributed by atoms with E-state index in [2.05, 4.69) is 20.5 Å². The summed E-state index contributed by atoms with van der Waals surface area (Å²) in [5.41, 5.74) is 6.01. The predicted octanol–water partition coefficient (Wildman–Crippen LogP) is 6.82. The Morgan fingerprint density at radius 2 is 1.88 bits per heavy atom. The van der Waals surface area contributed by atoms with Crippen LogP contribution in [0.2, 0.25) is 5.02 Å². The van der Waals surface area contributed by atoms with Gasteiger partial charge < -0.3 is 15.1 Å². The third-order valence-corrected chi connectivity index (χ3v) is 11.9. The van der Waals surface area contributed by atoms with Gasteiger partial charge in [0.1, 0.15) is 0 Å². The molecule has 4 heterocycles. The van der Waals surface area contributed by atoms with Crippen LogP contribution in [0.3, 0.4) is 0 Å². The first-order chi connectivity index (χ1) is 23.4. The van der Waals surface area contributed by atoms with E-state index in [1.54, 1.807) is 6.20 Å². The number of amides is 3. The van der Waals surface area contributed by atoms with Gasteiger partial charge in [-0.05, 0) is 114 Å². The number of benzene rings is 1. The highest BCUT2D eigenvalue weighted by Gasteiger charge is 2.33. The van der Waals surface area contributed by atoms with E-state index in [1.807, 2.05) is 53.2 Å². The van der Waals surface area contributed by atoms with Crippen molar-refractivity contribution in [2.24, 2.45) is 5.92 Å². The molecule has 0 atom stereocenters. The Hall–Kier alpha value is -3.80. The molecular formula is C36H41ClN8O2S. The van der Waals surface area contributed by atoms with Gasteiger partial charge in [-0.2, -0.15) is 5.10 Å². The molecule has 8 rings (SSSR count). The number of nitrogens with one attached hydrogen (secondary N) is 2. The summed E-state index contributed by atoms with van der Waals surface area (Å²) >= 11 is 8.38. The molecule has 12 heteroatoms. The summed E-state index contributed by atoms with van der Waals surface area (Å²) in [4.78, 5) is 41.0. The lowest BCUT2D eigenvalue weighted by molar-refractivity contribution is 0.0646. The van der Waals surface area contributed by atoms with Crippen LogP contribution in [-0.2, 0) is 12.8 Å². The zero-order valence-electron chi connectivity index (χ0n) is 27.3. The number of hydrogen-bond donors (Lipinski definition) is 2. The van der Waals surface area contributed by atoms with Gasteiger partial charge in [-0.25, -0.2) is 14.5 Å². The average Bonchev–Trinajstić information content (AvgIpc) is 3.44. The molecule has 0 radical (unpaired) electrons. The number of likely N-dealkylation sites (tertiary alicyclic amines) is 1. The van der Waals surface area contributed by atoms with Crippen molar-refractivity contribution in [2.45, 2.75) is 76.3 Å². The Labute approximate surface area is 289 Å². The number of fused-ring (bicyclic) bond motifs is 3. The summed E-state index contributed by atoms with van der Waals surface area (Å²) in [6, 6.07) is 10.2. The molecule has 2 N–H and O–H groups in total. The van der Waals surface area contributed by atoms with Crippen LogP contribution in [0.1, 0.15) is 73.0 Å². The lowest BCUT2D eigenvalue weighted by Crippen LogP contribution is -2.44. The second kappa shape index (κ2) is 13.2. The maximum atomic E-state index is 13.8. The molecule has 3 aromatic heterocycles. The van der Waals surface area contributed by atoms with Gasteiger partial charge in [0.2, 0.25) is 0 Å². The second-order valence-corrected chi connectivity index (χ2v) is 15.1. The Balaban J connectivity index is 1.07. The number of halogens is 1. The van der Waals surface area contributed by atoms with Crippen molar-refractivity contribution < 1.29 is 9.59 Å². The summed E-state index contributed by atoms with van der Waals surface area (Å²) in [5.74, 6) is 0.548. The minimum atomic E-state index is -0.227. The van der Waals surface area contributed by atoms with Gasteiger partial charge in [0.05, 0.1) is 38.2 Å². The molecule has 2 saturated carbocycles. The largest absolute Gasteiger partial charge is 0.339 e. The molecule has 0 unspecified atom stereocenters. The Bertz CT molecular complexity index is 1820. The molecule has 10 nitrogen and oxygen atoms in total. The van der Waals surface area contributed by atoms with Crippen molar-refractivity contribution in [3.8, 4) is 27.5 Å². The van der Waals surface area contributed by atoms with Crippen molar-refractivity contribution in [1.82, 2.24) is 34.9 Å². The van der Waals surface area contributed by atoms with Gasteiger partial charge in [-0.3, -0.25) is 15.1 Å². The first kappa shape index (κ1) is 31.5.